The zero-order chi connectivity index (χ0) is 15.8. The lowest BCUT2D eigenvalue weighted by atomic mass is 9.94. The molecule has 1 aliphatic carbocycles. The standard InChI is InChI=1S/C18H20N2O3/c1-20(12-7-3-2-4-8-12)18(21)16-14-11-22-15-10-6-5-9-13(15)17(14)23-19-16/h5-6,9-10,12H,2-4,7-8,11H2,1H3. The molecule has 1 amide bonds. The maximum atomic E-state index is 12.8. The molecule has 2 aromatic rings. The summed E-state index contributed by atoms with van der Waals surface area (Å²) in [6.45, 7) is 0.329. The Bertz CT molecular complexity index is 732. The lowest BCUT2D eigenvalue weighted by molar-refractivity contribution is 0.0683. The van der Waals surface area contributed by atoms with Gasteiger partial charge in [0.2, 0.25) is 0 Å². The van der Waals surface area contributed by atoms with Crippen LogP contribution in [0.3, 0.4) is 0 Å². The normalized spacial score (nSPS) is 17.1. The number of hydrogen-bond acceptors (Lipinski definition) is 4. The van der Waals surface area contributed by atoms with Gasteiger partial charge in [0.05, 0.1) is 11.1 Å². The van der Waals surface area contributed by atoms with Crippen molar-refractivity contribution >= 4 is 5.91 Å². The fraction of sp³-hybridized carbons (Fsp3) is 0.444. The van der Waals surface area contributed by atoms with Crippen LogP contribution in [0.1, 0.15) is 48.2 Å². The molecule has 0 atom stereocenters. The molecular formula is C18H20N2O3. The van der Waals surface area contributed by atoms with Crippen LogP contribution in [-0.4, -0.2) is 29.1 Å². The number of para-hydroxylation sites is 1. The number of amides is 1. The summed E-state index contributed by atoms with van der Waals surface area (Å²) in [5, 5.41) is 4.07. The van der Waals surface area contributed by atoms with E-state index in [9.17, 15) is 4.79 Å². The zero-order valence-electron chi connectivity index (χ0n) is 13.2. The number of ether oxygens (including phenoxy) is 1. The van der Waals surface area contributed by atoms with Crippen LogP contribution in [0, 0.1) is 0 Å². The predicted molar refractivity (Wildman–Crippen MR) is 85.2 cm³/mol. The molecule has 1 aromatic carbocycles. The Morgan fingerprint density at radius 1 is 1.22 bits per heavy atom. The first-order valence-corrected chi connectivity index (χ1v) is 8.23. The van der Waals surface area contributed by atoms with Crippen LogP contribution in [-0.2, 0) is 6.61 Å². The third kappa shape index (κ3) is 2.40. The van der Waals surface area contributed by atoms with Gasteiger partial charge in [-0.05, 0) is 25.0 Å². The molecule has 1 aliphatic heterocycles. The molecule has 4 rings (SSSR count). The van der Waals surface area contributed by atoms with Gasteiger partial charge in [0, 0.05) is 13.1 Å². The number of fused-ring (bicyclic) bond motifs is 3. The third-order valence-electron chi connectivity index (χ3n) is 4.94. The van der Waals surface area contributed by atoms with Gasteiger partial charge in [0.15, 0.2) is 11.5 Å². The summed E-state index contributed by atoms with van der Waals surface area (Å²) in [5.41, 5.74) is 2.01. The molecular weight excluding hydrogens is 292 g/mol. The zero-order valence-corrected chi connectivity index (χ0v) is 13.2. The number of hydrogen-bond donors (Lipinski definition) is 0. The van der Waals surface area contributed by atoms with Crippen molar-refractivity contribution in [2.45, 2.75) is 44.8 Å². The molecule has 1 saturated carbocycles. The molecule has 0 spiro atoms. The summed E-state index contributed by atoms with van der Waals surface area (Å²) >= 11 is 0. The molecule has 23 heavy (non-hydrogen) atoms. The Hall–Kier alpha value is -2.30. The second-order valence-corrected chi connectivity index (χ2v) is 6.33. The van der Waals surface area contributed by atoms with E-state index in [2.05, 4.69) is 5.16 Å². The van der Waals surface area contributed by atoms with Crippen molar-refractivity contribution in [3.8, 4) is 17.1 Å². The van der Waals surface area contributed by atoms with Crippen molar-refractivity contribution in [2.75, 3.05) is 7.05 Å². The van der Waals surface area contributed by atoms with E-state index in [1.807, 2.05) is 36.2 Å². The average Bonchev–Trinajstić information content (AvgIpc) is 3.05. The topological polar surface area (TPSA) is 55.6 Å². The van der Waals surface area contributed by atoms with Crippen LogP contribution in [0.2, 0.25) is 0 Å². The predicted octanol–water partition coefficient (Wildman–Crippen LogP) is 3.64. The first-order chi connectivity index (χ1) is 11.3. The smallest absolute Gasteiger partial charge is 0.276 e. The van der Waals surface area contributed by atoms with Gasteiger partial charge >= 0.3 is 0 Å². The first-order valence-electron chi connectivity index (χ1n) is 8.23. The van der Waals surface area contributed by atoms with Crippen LogP contribution in [0.25, 0.3) is 11.3 Å². The van der Waals surface area contributed by atoms with Gasteiger partial charge in [-0.3, -0.25) is 4.79 Å². The van der Waals surface area contributed by atoms with E-state index in [1.165, 1.54) is 19.3 Å². The summed E-state index contributed by atoms with van der Waals surface area (Å²) in [6, 6.07) is 7.98. The minimum atomic E-state index is -0.0649. The Kier molecular flexibility index (Phi) is 3.56. The number of rotatable bonds is 2. The molecule has 120 valence electrons. The van der Waals surface area contributed by atoms with Crippen LogP contribution in [0.5, 0.6) is 5.75 Å². The molecule has 2 heterocycles. The fourth-order valence-electron chi connectivity index (χ4n) is 3.55. The Morgan fingerprint density at radius 3 is 2.83 bits per heavy atom. The van der Waals surface area contributed by atoms with Crippen LogP contribution >= 0.6 is 0 Å². The molecule has 0 saturated heterocycles. The van der Waals surface area contributed by atoms with Crippen molar-refractivity contribution in [3.05, 3.63) is 35.5 Å². The van der Waals surface area contributed by atoms with E-state index in [-0.39, 0.29) is 5.91 Å². The van der Waals surface area contributed by atoms with E-state index in [1.54, 1.807) is 0 Å². The van der Waals surface area contributed by atoms with Gasteiger partial charge < -0.3 is 14.2 Å². The molecule has 2 aliphatic rings. The summed E-state index contributed by atoms with van der Waals surface area (Å²) in [4.78, 5) is 14.7. The average molecular weight is 312 g/mol. The highest BCUT2D eigenvalue weighted by Gasteiger charge is 2.32. The lowest BCUT2D eigenvalue weighted by Gasteiger charge is -2.30. The van der Waals surface area contributed by atoms with E-state index < -0.39 is 0 Å². The van der Waals surface area contributed by atoms with Gasteiger partial charge in [0.25, 0.3) is 5.91 Å². The van der Waals surface area contributed by atoms with Crippen molar-refractivity contribution in [2.24, 2.45) is 0 Å². The largest absolute Gasteiger partial charge is 0.488 e. The summed E-state index contributed by atoms with van der Waals surface area (Å²) in [7, 11) is 1.87. The van der Waals surface area contributed by atoms with E-state index in [0.29, 0.717) is 24.1 Å². The Labute approximate surface area is 135 Å². The van der Waals surface area contributed by atoms with E-state index >= 15 is 0 Å². The van der Waals surface area contributed by atoms with Crippen molar-refractivity contribution in [1.29, 1.82) is 0 Å². The van der Waals surface area contributed by atoms with Crippen molar-refractivity contribution in [3.63, 3.8) is 0 Å². The van der Waals surface area contributed by atoms with Gasteiger partial charge in [0.1, 0.15) is 12.4 Å². The van der Waals surface area contributed by atoms with Gasteiger partial charge in [-0.2, -0.15) is 0 Å². The Balaban J connectivity index is 1.64. The number of aromatic nitrogens is 1. The molecule has 1 aromatic heterocycles. The van der Waals surface area contributed by atoms with Crippen LogP contribution in [0.15, 0.2) is 28.8 Å². The number of carbonyl (C=O) groups is 1. The highest BCUT2D eigenvalue weighted by atomic mass is 16.5. The molecule has 0 unspecified atom stereocenters. The maximum absolute atomic E-state index is 12.8. The van der Waals surface area contributed by atoms with Gasteiger partial charge in [-0.25, -0.2) is 0 Å². The molecule has 0 N–H and O–H groups in total. The summed E-state index contributed by atoms with van der Waals surface area (Å²) in [5.74, 6) is 1.37. The van der Waals surface area contributed by atoms with Gasteiger partial charge in [-0.1, -0.05) is 36.6 Å². The monoisotopic (exact) mass is 312 g/mol. The van der Waals surface area contributed by atoms with Crippen LogP contribution in [0.4, 0.5) is 0 Å². The van der Waals surface area contributed by atoms with Crippen LogP contribution < -0.4 is 4.74 Å². The lowest BCUT2D eigenvalue weighted by Crippen LogP contribution is -2.38. The minimum absolute atomic E-state index is 0.0649. The van der Waals surface area contributed by atoms with Gasteiger partial charge in [-0.15, -0.1) is 0 Å². The van der Waals surface area contributed by atoms with E-state index in [0.717, 1.165) is 29.7 Å². The van der Waals surface area contributed by atoms with E-state index in [4.69, 9.17) is 9.26 Å². The summed E-state index contributed by atoms with van der Waals surface area (Å²) < 4.78 is 11.2. The highest BCUT2D eigenvalue weighted by Crippen LogP contribution is 2.39. The first kappa shape index (κ1) is 14.3. The number of benzene rings is 1. The highest BCUT2D eigenvalue weighted by molar-refractivity contribution is 5.95. The van der Waals surface area contributed by atoms with Crippen molar-refractivity contribution < 1.29 is 14.1 Å². The quantitative estimate of drug-likeness (QED) is 0.849. The second-order valence-electron chi connectivity index (χ2n) is 6.33. The molecule has 5 nitrogen and oxygen atoms in total. The summed E-state index contributed by atoms with van der Waals surface area (Å²) in [6.07, 6.45) is 5.79. The minimum Gasteiger partial charge on any atom is -0.488 e. The number of nitrogens with zero attached hydrogens (tertiary/aromatic N) is 2. The SMILES string of the molecule is CN(C(=O)c1noc2c1COc1ccccc1-2)C1CCCCC1. The third-order valence-corrected chi connectivity index (χ3v) is 4.94. The second kappa shape index (κ2) is 5.72. The van der Waals surface area contributed by atoms with Crippen molar-refractivity contribution in [1.82, 2.24) is 10.1 Å². The molecule has 0 radical (unpaired) electrons. The molecule has 1 fully saturated rings. The Morgan fingerprint density at radius 2 is 2.00 bits per heavy atom. The number of carbonyl (C=O) groups excluding carboxylic acids is 1. The molecule has 5 heteroatoms. The maximum Gasteiger partial charge on any atom is 0.276 e. The fourth-order valence-corrected chi connectivity index (χ4v) is 3.55. The molecule has 0 bridgehead atoms.